The van der Waals surface area contributed by atoms with Crippen LogP contribution in [-0.4, -0.2) is 11.0 Å². The lowest BCUT2D eigenvalue weighted by Gasteiger charge is -2.09. The van der Waals surface area contributed by atoms with Crippen LogP contribution in [0.5, 0.6) is 0 Å². The zero-order valence-corrected chi connectivity index (χ0v) is 8.64. The molecule has 1 aromatic rings. The van der Waals surface area contributed by atoms with Crippen LogP contribution >= 0.6 is 11.6 Å². The third kappa shape index (κ3) is 2.71. The first kappa shape index (κ1) is 10.6. The molecule has 0 aliphatic rings. The van der Waals surface area contributed by atoms with Gasteiger partial charge in [-0.05, 0) is 36.5 Å². The average Bonchev–Trinajstić information content (AvgIpc) is 2.15. The molecule has 1 aromatic carbocycles. The van der Waals surface area contributed by atoms with Crippen LogP contribution in [0.25, 0.3) is 0 Å². The first-order chi connectivity index (χ1) is 6.29. The SMILES string of the molecule is Cc1cccc(CO)c1CCCCl. The monoisotopic (exact) mass is 198 g/mol. The van der Waals surface area contributed by atoms with Crippen molar-refractivity contribution in [2.75, 3.05) is 5.88 Å². The summed E-state index contributed by atoms with van der Waals surface area (Å²) in [4.78, 5) is 0. The lowest BCUT2D eigenvalue weighted by Crippen LogP contribution is -1.97. The summed E-state index contributed by atoms with van der Waals surface area (Å²) in [7, 11) is 0. The number of halogens is 1. The van der Waals surface area contributed by atoms with Gasteiger partial charge in [-0.3, -0.25) is 0 Å². The number of aryl methyl sites for hydroxylation is 1. The Morgan fingerprint density at radius 3 is 2.77 bits per heavy atom. The van der Waals surface area contributed by atoms with Crippen molar-refractivity contribution in [3.63, 3.8) is 0 Å². The Kier molecular flexibility index (Phi) is 4.26. The summed E-state index contributed by atoms with van der Waals surface area (Å²) < 4.78 is 0. The minimum Gasteiger partial charge on any atom is -0.392 e. The van der Waals surface area contributed by atoms with E-state index in [1.807, 2.05) is 12.1 Å². The minimum atomic E-state index is 0.124. The molecule has 0 saturated heterocycles. The van der Waals surface area contributed by atoms with Gasteiger partial charge in [0.15, 0.2) is 0 Å². The summed E-state index contributed by atoms with van der Waals surface area (Å²) in [6, 6.07) is 6.02. The molecule has 0 spiro atoms. The topological polar surface area (TPSA) is 20.2 Å². The van der Waals surface area contributed by atoms with E-state index in [-0.39, 0.29) is 6.61 Å². The van der Waals surface area contributed by atoms with Crippen LogP contribution in [0.1, 0.15) is 23.1 Å². The van der Waals surface area contributed by atoms with Gasteiger partial charge >= 0.3 is 0 Å². The highest BCUT2D eigenvalue weighted by molar-refractivity contribution is 6.17. The van der Waals surface area contributed by atoms with Crippen molar-refractivity contribution in [1.82, 2.24) is 0 Å². The Balaban J connectivity index is 2.87. The van der Waals surface area contributed by atoms with E-state index in [2.05, 4.69) is 13.0 Å². The fourth-order valence-corrected chi connectivity index (χ4v) is 1.65. The van der Waals surface area contributed by atoms with Crippen LogP contribution in [0.15, 0.2) is 18.2 Å². The average molecular weight is 199 g/mol. The molecule has 0 atom stereocenters. The van der Waals surface area contributed by atoms with Crippen molar-refractivity contribution < 1.29 is 5.11 Å². The van der Waals surface area contributed by atoms with Crippen molar-refractivity contribution in [1.29, 1.82) is 0 Å². The van der Waals surface area contributed by atoms with E-state index in [4.69, 9.17) is 16.7 Å². The Hall–Kier alpha value is -0.530. The molecule has 0 aromatic heterocycles. The Bertz CT molecular complexity index is 271. The third-order valence-electron chi connectivity index (χ3n) is 2.24. The highest BCUT2D eigenvalue weighted by atomic mass is 35.5. The number of hydrogen-bond acceptors (Lipinski definition) is 1. The number of alkyl halides is 1. The molecule has 0 fully saturated rings. The molecule has 0 bridgehead atoms. The van der Waals surface area contributed by atoms with Gasteiger partial charge in [-0.15, -0.1) is 11.6 Å². The van der Waals surface area contributed by atoms with Gasteiger partial charge in [0, 0.05) is 5.88 Å². The summed E-state index contributed by atoms with van der Waals surface area (Å²) in [5, 5.41) is 9.11. The maximum atomic E-state index is 9.11. The third-order valence-corrected chi connectivity index (χ3v) is 2.51. The Labute approximate surface area is 84.4 Å². The molecule has 0 aliphatic heterocycles. The van der Waals surface area contributed by atoms with Crippen LogP contribution < -0.4 is 0 Å². The molecule has 1 nitrogen and oxygen atoms in total. The Morgan fingerprint density at radius 2 is 2.15 bits per heavy atom. The maximum absolute atomic E-state index is 9.11. The van der Waals surface area contributed by atoms with E-state index < -0.39 is 0 Å². The van der Waals surface area contributed by atoms with E-state index >= 15 is 0 Å². The van der Waals surface area contributed by atoms with Crippen molar-refractivity contribution in [2.45, 2.75) is 26.4 Å². The lowest BCUT2D eigenvalue weighted by molar-refractivity contribution is 0.280. The number of aliphatic hydroxyl groups is 1. The van der Waals surface area contributed by atoms with Crippen LogP contribution in [0.2, 0.25) is 0 Å². The lowest BCUT2D eigenvalue weighted by atomic mass is 9.98. The molecular formula is C11H15ClO. The second-order valence-electron chi connectivity index (χ2n) is 3.16. The highest BCUT2D eigenvalue weighted by Gasteiger charge is 2.03. The van der Waals surface area contributed by atoms with Crippen LogP contribution in [0.3, 0.4) is 0 Å². The van der Waals surface area contributed by atoms with Gasteiger partial charge in [0.1, 0.15) is 0 Å². The molecule has 0 unspecified atom stereocenters. The quantitative estimate of drug-likeness (QED) is 0.738. The zero-order valence-electron chi connectivity index (χ0n) is 7.89. The van der Waals surface area contributed by atoms with Gasteiger partial charge in [-0.25, -0.2) is 0 Å². The molecular weight excluding hydrogens is 184 g/mol. The summed E-state index contributed by atoms with van der Waals surface area (Å²) in [6.07, 6.45) is 1.94. The smallest absolute Gasteiger partial charge is 0.0684 e. The first-order valence-electron chi connectivity index (χ1n) is 4.53. The van der Waals surface area contributed by atoms with Crippen LogP contribution in [0.4, 0.5) is 0 Å². The zero-order chi connectivity index (χ0) is 9.68. The molecule has 0 aliphatic carbocycles. The fourth-order valence-electron chi connectivity index (χ4n) is 1.51. The predicted molar refractivity (Wildman–Crippen MR) is 56.1 cm³/mol. The van der Waals surface area contributed by atoms with E-state index in [0.29, 0.717) is 5.88 Å². The van der Waals surface area contributed by atoms with Crippen molar-refractivity contribution in [3.8, 4) is 0 Å². The normalized spacial score (nSPS) is 10.4. The molecule has 0 radical (unpaired) electrons. The van der Waals surface area contributed by atoms with Gasteiger partial charge in [0.2, 0.25) is 0 Å². The second kappa shape index (κ2) is 5.25. The number of benzene rings is 1. The minimum absolute atomic E-state index is 0.124. The Morgan fingerprint density at radius 1 is 1.38 bits per heavy atom. The largest absolute Gasteiger partial charge is 0.392 e. The molecule has 1 rings (SSSR count). The molecule has 1 N–H and O–H groups in total. The molecule has 0 amide bonds. The van der Waals surface area contributed by atoms with Crippen LogP contribution in [0, 0.1) is 6.92 Å². The highest BCUT2D eigenvalue weighted by Crippen LogP contribution is 2.16. The summed E-state index contributed by atoms with van der Waals surface area (Å²) >= 11 is 5.64. The molecule has 13 heavy (non-hydrogen) atoms. The molecule has 72 valence electrons. The van der Waals surface area contributed by atoms with Crippen molar-refractivity contribution >= 4 is 11.6 Å². The molecule has 0 saturated carbocycles. The maximum Gasteiger partial charge on any atom is 0.0684 e. The summed E-state index contributed by atoms with van der Waals surface area (Å²) in [5.74, 6) is 0.680. The van der Waals surface area contributed by atoms with Gasteiger partial charge in [0.05, 0.1) is 6.61 Å². The van der Waals surface area contributed by atoms with Gasteiger partial charge < -0.3 is 5.11 Å². The predicted octanol–water partition coefficient (Wildman–Crippen LogP) is 2.66. The van der Waals surface area contributed by atoms with Crippen LogP contribution in [-0.2, 0) is 13.0 Å². The first-order valence-corrected chi connectivity index (χ1v) is 5.07. The molecule has 2 heteroatoms. The standard InChI is InChI=1S/C11H15ClO/c1-9-4-2-5-10(8-13)11(9)6-3-7-12/h2,4-5,13H,3,6-8H2,1H3. The van der Waals surface area contributed by atoms with E-state index in [1.165, 1.54) is 11.1 Å². The van der Waals surface area contributed by atoms with Crippen molar-refractivity contribution in [3.05, 3.63) is 34.9 Å². The second-order valence-corrected chi connectivity index (χ2v) is 3.54. The number of rotatable bonds is 4. The van der Waals surface area contributed by atoms with E-state index in [9.17, 15) is 0 Å². The van der Waals surface area contributed by atoms with E-state index in [0.717, 1.165) is 18.4 Å². The van der Waals surface area contributed by atoms with E-state index in [1.54, 1.807) is 0 Å². The summed E-state index contributed by atoms with van der Waals surface area (Å²) in [6.45, 7) is 2.20. The molecule has 0 heterocycles. The van der Waals surface area contributed by atoms with Crippen molar-refractivity contribution in [2.24, 2.45) is 0 Å². The number of aliphatic hydroxyl groups excluding tert-OH is 1. The fraction of sp³-hybridized carbons (Fsp3) is 0.455. The number of hydrogen-bond donors (Lipinski definition) is 1. The van der Waals surface area contributed by atoms with Gasteiger partial charge in [0.25, 0.3) is 0 Å². The van der Waals surface area contributed by atoms with Gasteiger partial charge in [-0.1, -0.05) is 18.2 Å². The van der Waals surface area contributed by atoms with Gasteiger partial charge in [-0.2, -0.15) is 0 Å². The summed E-state index contributed by atoms with van der Waals surface area (Å²) in [5.41, 5.74) is 3.53.